The van der Waals surface area contributed by atoms with E-state index in [4.69, 9.17) is 0 Å². The van der Waals surface area contributed by atoms with E-state index in [9.17, 15) is 4.79 Å². The maximum absolute atomic E-state index is 11.5. The number of hydrogen-bond donors (Lipinski definition) is 1. The summed E-state index contributed by atoms with van der Waals surface area (Å²) < 4.78 is 0. The Labute approximate surface area is 120 Å². The van der Waals surface area contributed by atoms with E-state index in [1.165, 1.54) is 17.8 Å². The van der Waals surface area contributed by atoms with Gasteiger partial charge in [-0.1, -0.05) is 20.3 Å². The summed E-state index contributed by atoms with van der Waals surface area (Å²) in [7, 11) is 0. The van der Waals surface area contributed by atoms with Gasteiger partial charge in [-0.2, -0.15) is 0 Å². The highest BCUT2D eigenvalue weighted by Crippen LogP contribution is 2.20. The molecule has 1 aromatic rings. The number of nitrogens with one attached hydrogen (secondary N) is 1. The van der Waals surface area contributed by atoms with Crippen molar-refractivity contribution in [1.82, 2.24) is 10.3 Å². The first-order chi connectivity index (χ1) is 8.99. The fourth-order valence-corrected chi connectivity index (χ4v) is 2.75. The topological polar surface area (TPSA) is 45.2 Å². The highest BCUT2D eigenvalue weighted by molar-refractivity contribution is 7.14. The van der Waals surface area contributed by atoms with Gasteiger partial charge in [-0.15, -0.1) is 11.3 Å². The zero-order valence-electron chi connectivity index (χ0n) is 12.6. The molecule has 2 unspecified atom stereocenters. The molecule has 0 saturated carbocycles. The smallest absolute Gasteiger partial charge is 0.225 e. The van der Waals surface area contributed by atoms with Crippen LogP contribution in [-0.2, 0) is 11.3 Å². The highest BCUT2D eigenvalue weighted by Gasteiger charge is 2.14. The van der Waals surface area contributed by atoms with Crippen LogP contribution in [0.4, 0.5) is 5.13 Å². The summed E-state index contributed by atoms with van der Waals surface area (Å²) in [4.78, 5) is 17.7. The van der Waals surface area contributed by atoms with E-state index in [-0.39, 0.29) is 5.91 Å². The number of carbonyl (C=O) groups excluding carboxylic acids is 1. The minimum atomic E-state index is 0.0457. The molecule has 4 nitrogen and oxygen atoms in total. The van der Waals surface area contributed by atoms with Crippen LogP contribution in [0.15, 0.2) is 5.38 Å². The molecule has 1 rings (SSSR count). The van der Waals surface area contributed by atoms with Crippen molar-refractivity contribution in [2.75, 3.05) is 11.4 Å². The molecular formula is C14H25N3OS. The van der Waals surface area contributed by atoms with Gasteiger partial charge in [-0.3, -0.25) is 9.69 Å². The minimum Gasteiger partial charge on any atom is -0.308 e. The first kappa shape index (κ1) is 16.1. The maximum atomic E-state index is 11.5. The van der Waals surface area contributed by atoms with E-state index < -0.39 is 0 Å². The zero-order valence-corrected chi connectivity index (χ0v) is 13.4. The van der Waals surface area contributed by atoms with Crippen LogP contribution in [0.2, 0.25) is 0 Å². The summed E-state index contributed by atoms with van der Waals surface area (Å²) in [6, 6.07) is 0.477. The molecular weight excluding hydrogens is 258 g/mol. The summed E-state index contributed by atoms with van der Waals surface area (Å²) >= 11 is 1.53. The second kappa shape index (κ2) is 7.60. The number of rotatable bonds is 7. The van der Waals surface area contributed by atoms with Crippen LogP contribution in [0.3, 0.4) is 0 Å². The Morgan fingerprint density at radius 1 is 1.47 bits per heavy atom. The third kappa shape index (κ3) is 4.58. The van der Waals surface area contributed by atoms with Crippen LogP contribution in [0.1, 0.15) is 46.7 Å². The van der Waals surface area contributed by atoms with Gasteiger partial charge in [-0.05, 0) is 19.8 Å². The molecule has 1 N–H and O–H groups in total. The van der Waals surface area contributed by atoms with Crippen LogP contribution in [-0.4, -0.2) is 23.5 Å². The van der Waals surface area contributed by atoms with Gasteiger partial charge in [0.2, 0.25) is 5.91 Å². The molecule has 0 aromatic carbocycles. The number of thiazole rings is 1. The normalized spacial score (nSPS) is 14.2. The molecule has 0 fully saturated rings. The van der Waals surface area contributed by atoms with E-state index >= 15 is 0 Å². The minimum absolute atomic E-state index is 0.0457. The van der Waals surface area contributed by atoms with Gasteiger partial charge in [0.15, 0.2) is 5.13 Å². The van der Waals surface area contributed by atoms with Gasteiger partial charge in [-0.25, -0.2) is 4.98 Å². The Balaban J connectivity index is 2.58. The fourth-order valence-electron chi connectivity index (χ4n) is 1.81. The molecule has 19 heavy (non-hydrogen) atoms. The number of nitrogens with zero attached hydrogens (tertiary/aromatic N) is 2. The fraction of sp³-hybridized carbons (Fsp3) is 0.714. The van der Waals surface area contributed by atoms with Crippen molar-refractivity contribution >= 4 is 22.4 Å². The number of amides is 1. The van der Waals surface area contributed by atoms with Gasteiger partial charge in [0, 0.05) is 31.4 Å². The molecule has 2 atom stereocenters. The molecule has 0 spiro atoms. The second-order valence-electron chi connectivity index (χ2n) is 4.94. The molecule has 0 saturated heterocycles. The van der Waals surface area contributed by atoms with Crippen LogP contribution in [0, 0.1) is 5.92 Å². The van der Waals surface area contributed by atoms with E-state index in [0.717, 1.165) is 17.4 Å². The number of aromatic nitrogens is 1. The van der Waals surface area contributed by atoms with Crippen molar-refractivity contribution in [1.29, 1.82) is 0 Å². The predicted octanol–water partition coefficient (Wildman–Crippen LogP) is 3.04. The summed E-state index contributed by atoms with van der Waals surface area (Å²) in [6.07, 6.45) is 1.17. The third-order valence-electron chi connectivity index (χ3n) is 3.57. The van der Waals surface area contributed by atoms with Gasteiger partial charge < -0.3 is 5.32 Å². The molecule has 0 bridgehead atoms. The van der Waals surface area contributed by atoms with Crippen LogP contribution < -0.4 is 10.2 Å². The quantitative estimate of drug-likeness (QED) is 0.836. The zero-order chi connectivity index (χ0) is 14.4. The third-order valence-corrected chi connectivity index (χ3v) is 4.48. The Hall–Kier alpha value is -0.940. The van der Waals surface area contributed by atoms with E-state index in [1.807, 2.05) is 12.3 Å². The van der Waals surface area contributed by atoms with Crippen molar-refractivity contribution < 1.29 is 4.79 Å². The Morgan fingerprint density at radius 2 is 2.16 bits per heavy atom. The van der Waals surface area contributed by atoms with Gasteiger partial charge in [0.1, 0.15) is 0 Å². The van der Waals surface area contributed by atoms with Crippen LogP contribution in [0.5, 0.6) is 0 Å². The lowest BCUT2D eigenvalue weighted by molar-refractivity contribution is -0.116. The van der Waals surface area contributed by atoms with E-state index in [1.54, 1.807) is 11.8 Å². The molecule has 108 valence electrons. The van der Waals surface area contributed by atoms with Crippen molar-refractivity contribution in [2.24, 2.45) is 5.92 Å². The molecule has 0 aliphatic heterocycles. The standard InChI is InChI=1S/C14H25N3OS/c1-6-10(3)11(4)15-8-13-9-19-14(16-13)17(7-2)12(5)18/h9-11,15H,6-8H2,1-5H3. The molecule has 0 aliphatic carbocycles. The predicted molar refractivity (Wildman–Crippen MR) is 81.6 cm³/mol. The lowest BCUT2D eigenvalue weighted by Crippen LogP contribution is -2.31. The average Bonchev–Trinajstić information content (AvgIpc) is 2.84. The molecule has 0 aliphatic rings. The monoisotopic (exact) mass is 283 g/mol. The highest BCUT2D eigenvalue weighted by atomic mass is 32.1. The first-order valence-corrected chi connectivity index (χ1v) is 7.83. The lowest BCUT2D eigenvalue weighted by atomic mass is 10.0. The molecule has 5 heteroatoms. The van der Waals surface area contributed by atoms with Crippen LogP contribution >= 0.6 is 11.3 Å². The average molecular weight is 283 g/mol. The molecule has 1 amide bonds. The summed E-state index contributed by atoms with van der Waals surface area (Å²) in [5.41, 5.74) is 1.01. The Kier molecular flexibility index (Phi) is 6.45. The van der Waals surface area contributed by atoms with Crippen LogP contribution in [0.25, 0.3) is 0 Å². The molecule has 1 heterocycles. The summed E-state index contributed by atoms with van der Waals surface area (Å²) in [5, 5.41) is 6.31. The van der Waals surface area contributed by atoms with E-state index in [0.29, 0.717) is 18.5 Å². The molecule has 0 radical (unpaired) electrons. The van der Waals surface area contributed by atoms with Gasteiger partial charge >= 0.3 is 0 Å². The number of carbonyl (C=O) groups is 1. The Bertz CT molecular complexity index is 405. The second-order valence-corrected chi connectivity index (χ2v) is 5.78. The van der Waals surface area contributed by atoms with Crippen molar-refractivity contribution in [3.8, 4) is 0 Å². The first-order valence-electron chi connectivity index (χ1n) is 6.95. The van der Waals surface area contributed by atoms with Crippen molar-refractivity contribution in [2.45, 2.75) is 53.6 Å². The van der Waals surface area contributed by atoms with Gasteiger partial charge in [0.05, 0.1) is 5.69 Å². The van der Waals surface area contributed by atoms with Crippen molar-refractivity contribution in [3.63, 3.8) is 0 Å². The maximum Gasteiger partial charge on any atom is 0.225 e. The summed E-state index contributed by atoms with van der Waals surface area (Å²) in [6.45, 7) is 11.6. The molecule has 1 aromatic heterocycles. The number of hydrogen-bond acceptors (Lipinski definition) is 4. The van der Waals surface area contributed by atoms with Crippen molar-refractivity contribution in [3.05, 3.63) is 11.1 Å². The van der Waals surface area contributed by atoms with E-state index in [2.05, 4.69) is 31.1 Å². The Morgan fingerprint density at radius 3 is 2.68 bits per heavy atom. The number of anilines is 1. The SMILES string of the molecule is CCC(C)C(C)NCc1csc(N(CC)C(C)=O)n1. The largest absolute Gasteiger partial charge is 0.308 e. The lowest BCUT2D eigenvalue weighted by Gasteiger charge is -2.19. The summed E-state index contributed by atoms with van der Waals surface area (Å²) in [5.74, 6) is 0.701. The van der Waals surface area contributed by atoms with Gasteiger partial charge in [0.25, 0.3) is 0 Å².